The van der Waals surface area contributed by atoms with Gasteiger partial charge in [0.1, 0.15) is 6.04 Å². The highest BCUT2D eigenvalue weighted by Gasteiger charge is 2.13. The lowest BCUT2D eigenvalue weighted by Gasteiger charge is -2.16. The third-order valence-electron chi connectivity index (χ3n) is 3.23. The highest BCUT2D eigenvalue weighted by molar-refractivity contribution is 5.96. The highest BCUT2D eigenvalue weighted by atomic mass is 16.2. The molecule has 1 amide bonds. The van der Waals surface area contributed by atoms with Crippen LogP contribution < -0.4 is 10.6 Å². The van der Waals surface area contributed by atoms with Crippen molar-refractivity contribution in [3.63, 3.8) is 0 Å². The molecule has 0 radical (unpaired) electrons. The molecule has 3 nitrogen and oxygen atoms in total. The zero-order chi connectivity index (χ0) is 14.5. The average molecular weight is 268 g/mol. The summed E-state index contributed by atoms with van der Waals surface area (Å²) in [5.74, 6) is -0.0418. The first-order valence-electron chi connectivity index (χ1n) is 6.76. The van der Waals surface area contributed by atoms with Gasteiger partial charge in [0.15, 0.2) is 0 Å². The van der Waals surface area contributed by atoms with Gasteiger partial charge >= 0.3 is 0 Å². The van der Waals surface area contributed by atoms with Crippen LogP contribution in [0.3, 0.4) is 0 Å². The zero-order valence-electron chi connectivity index (χ0n) is 12.1. The van der Waals surface area contributed by atoms with Gasteiger partial charge < -0.3 is 10.6 Å². The molecule has 2 rings (SSSR count). The molecule has 0 fully saturated rings. The van der Waals surface area contributed by atoms with Crippen molar-refractivity contribution in [2.24, 2.45) is 0 Å². The van der Waals surface area contributed by atoms with Crippen LogP contribution in [0.1, 0.15) is 18.1 Å². The van der Waals surface area contributed by atoms with E-state index in [1.807, 2.05) is 69.3 Å². The van der Waals surface area contributed by atoms with Gasteiger partial charge in [0.05, 0.1) is 0 Å². The third-order valence-corrected chi connectivity index (χ3v) is 3.23. The number of benzene rings is 2. The predicted molar refractivity (Wildman–Crippen MR) is 84.1 cm³/mol. The number of anilines is 2. The Balaban J connectivity index is 1.99. The van der Waals surface area contributed by atoms with Crippen molar-refractivity contribution in [1.29, 1.82) is 0 Å². The second-order valence-corrected chi connectivity index (χ2v) is 5.04. The molecule has 104 valence electrons. The van der Waals surface area contributed by atoms with Crippen molar-refractivity contribution in [2.75, 3.05) is 10.6 Å². The number of nitrogens with one attached hydrogen (secondary N) is 2. The summed E-state index contributed by atoms with van der Waals surface area (Å²) in [7, 11) is 0. The van der Waals surface area contributed by atoms with E-state index in [9.17, 15) is 4.79 Å². The molecule has 0 aliphatic heterocycles. The van der Waals surface area contributed by atoms with E-state index in [0.717, 1.165) is 16.9 Å². The number of carbonyl (C=O) groups is 1. The third kappa shape index (κ3) is 3.60. The van der Waals surface area contributed by atoms with Gasteiger partial charge in [-0.2, -0.15) is 0 Å². The molecule has 3 heteroatoms. The van der Waals surface area contributed by atoms with Crippen LogP contribution in [-0.4, -0.2) is 11.9 Å². The maximum Gasteiger partial charge on any atom is 0.246 e. The molecule has 0 heterocycles. The van der Waals surface area contributed by atoms with Crippen LogP contribution in [0.25, 0.3) is 0 Å². The fourth-order valence-corrected chi connectivity index (χ4v) is 1.92. The van der Waals surface area contributed by atoms with Crippen molar-refractivity contribution < 1.29 is 4.79 Å². The van der Waals surface area contributed by atoms with E-state index in [1.165, 1.54) is 5.56 Å². The maximum atomic E-state index is 12.2. The quantitative estimate of drug-likeness (QED) is 0.886. The van der Waals surface area contributed by atoms with Gasteiger partial charge in [-0.15, -0.1) is 0 Å². The number of aryl methyl sites for hydroxylation is 2. The zero-order valence-corrected chi connectivity index (χ0v) is 12.1. The number of para-hydroxylation sites is 1. The summed E-state index contributed by atoms with van der Waals surface area (Å²) in [4.78, 5) is 12.2. The second-order valence-electron chi connectivity index (χ2n) is 5.04. The smallest absolute Gasteiger partial charge is 0.246 e. The Morgan fingerprint density at radius 3 is 2.30 bits per heavy atom. The van der Waals surface area contributed by atoms with Crippen LogP contribution in [-0.2, 0) is 4.79 Å². The van der Waals surface area contributed by atoms with Gasteiger partial charge in [-0.3, -0.25) is 4.79 Å². The predicted octanol–water partition coefficient (Wildman–Crippen LogP) is 3.74. The standard InChI is InChI=1S/C17H20N2O/c1-12-8-10-15(11-9-12)18-14(3)17(20)19-16-7-5-4-6-13(16)2/h4-11,14,18H,1-3H3,(H,19,20). The minimum atomic E-state index is -0.294. The summed E-state index contributed by atoms with van der Waals surface area (Å²) in [5.41, 5.74) is 4.06. The van der Waals surface area contributed by atoms with E-state index in [1.54, 1.807) is 0 Å². The molecule has 0 spiro atoms. The van der Waals surface area contributed by atoms with E-state index in [0.29, 0.717) is 0 Å². The molecule has 0 saturated heterocycles. The minimum absolute atomic E-state index is 0.0418. The first kappa shape index (κ1) is 14.1. The topological polar surface area (TPSA) is 41.1 Å². The van der Waals surface area contributed by atoms with Crippen molar-refractivity contribution in [2.45, 2.75) is 26.8 Å². The van der Waals surface area contributed by atoms with Crippen LogP contribution in [0.2, 0.25) is 0 Å². The van der Waals surface area contributed by atoms with Crippen molar-refractivity contribution in [3.05, 3.63) is 59.7 Å². The average Bonchev–Trinajstić information content (AvgIpc) is 2.44. The molecule has 1 atom stereocenters. The minimum Gasteiger partial charge on any atom is -0.374 e. The fourth-order valence-electron chi connectivity index (χ4n) is 1.92. The van der Waals surface area contributed by atoms with Gasteiger partial charge in [0.2, 0.25) is 5.91 Å². The maximum absolute atomic E-state index is 12.2. The van der Waals surface area contributed by atoms with Gasteiger partial charge in [-0.25, -0.2) is 0 Å². The molecule has 1 unspecified atom stereocenters. The number of hydrogen-bond donors (Lipinski definition) is 2. The summed E-state index contributed by atoms with van der Waals surface area (Å²) < 4.78 is 0. The lowest BCUT2D eigenvalue weighted by Crippen LogP contribution is -2.32. The Bertz CT molecular complexity index is 590. The van der Waals surface area contributed by atoms with Crippen molar-refractivity contribution in [1.82, 2.24) is 0 Å². The Labute approximate surface area is 120 Å². The van der Waals surface area contributed by atoms with Gasteiger partial charge in [0.25, 0.3) is 0 Å². The lowest BCUT2D eigenvalue weighted by atomic mass is 10.2. The Morgan fingerprint density at radius 1 is 1.00 bits per heavy atom. The number of hydrogen-bond acceptors (Lipinski definition) is 2. The number of rotatable bonds is 4. The summed E-state index contributed by atoms with van der Waals surface area (Å²) >= 11 is 0. The first-order chi connectivity index (χ1) is 9.56. The van der Waals surface area contributed by atoms with Crippen molar-refractivity contribution in [3.8, 4) is 0 Å². The second kappa shape index (κ2) is 6.24. The van der Waals surface area contributed by atoms with Gasteiger partial charge in [-0.05, 0) is 44.5 Å². The number of carbonyl (C=O) groups excluding carboxylic acids is 1. The highest BCUT2D eigenvalue weighted by Crippen LogP contribution is 2.15. The molecule has 0 aliphatic rings. The monoisotopic (exact) mass is 268 g/mol. The van der Waals surface area contributed by atoms with Gasteiger partial charge in [-0.1, -0.05) is 35.9 Å². The molecule has 20 heavy (non-hydrogen) atoms. The normalized spacial score (nSPS) is 11.8. The Morgan fingerprint density at radius 2 is 1.65 bits per heavy atom. The Kier molecular flexibility index (Phi) is 4.41. The number of amides is 1. The summed E-state index contributed by atoms with van der Waals surface area (Å²) in [6.45, 7) is 5.87. The Hall–Kier alpha value is -2.29. The SMILES string of the molecule is Cc1ccc(NC(C)C(=O)Nc2ccccc2C)cc1. The van der Waals surface area contributed by atoms with Crippen LogP contribution >= 0.6 is 0 Å². The van der Waals surface area contributed by atoms with E-state index < -0.39 is 0 Å². The molecule has 2 aromatic rings. The lowest BCUT2D eigenvalue weighted by molar-refractivity contribution is -0.116. The van der Waals surface area contributed by atoms with Crippen LogP contribution in [0.5, 0.6) is 0 Å². The van der Waals surface area contributed by atoms with E-state index in [-0.39, 0.29) is 11.9 Å². The first-order valence-corrected chi connectivity index (χ1v) is 6.76. The molecular weight excluding hydrogens is 248 g/mol. The van der Waals surface area contributed by atoms with E-state index in [2.05, 4.69) is 10.6 Å². The van der Waals surface area contributed by atoms with Crippen LogP contribution in [0.15, 0.2) is 48.5 Å². The fraction of sp³-hybridized carbons (Fsp3) is 0.235. The van der Waals surface area contributed by atoms with E-state index >= 15 is 0 Å². The molecule has 0 aromatic heterocycles. The molecule has 2 aromatic carbocycles. The molecule has 0 bridgehead atoms. The molecule has 2 N–H and O–H groups in total. The molecular formula is C17H20N2O. The van der Waals surface area contributed by atoms with Crippen LogP contribution in [0, 0.1) is 13.8 Å². The van der Waals surface area contributed by atoms with Gasteiger partial charge in [0, 0.05) is 11.4 Å². The van der Waals surface area contributed by atoms with E-state index in [4.69, 9.17) is 0 Å². The summed E-state index contributed by atoms with van der Waals surface area (Å²) in [5, 5.41) is 6.14. The summed E-state index contributed by atoms with van der Waals surface area (Å²) in [6, 6.07) is 15.5. The van der Waals surface area contributed by atoms with Crippen LogP contribution in [0.4, 0.5) is 11.4 Å². The molecule has 0 saturated carbocycles. The largest absolute Gasteiger partial charge is 0.374 e. The van der Waals surface area contributed by atoms with Crippen molar-refractivity contribution >= 4 is 17.3 Å². The molecule has 0 aliphatic carbocycles. The summed E-state index contributed by atoms with van der Waals surface area (Å²) in [6.07, 6.45) is 0.